The summed E-state index contributed by atoms with van der Waals surface area (Å²) in [6.45, 7) is 1.97. The summed E-state index contributed by atoms with van der Waals surface area (Å²) in [7, 11) is 0. The molecular weight excluding hydrogens is 182 g/mol. The Morgan fingerprint density at radius 1 is 1.00 bits per heavy atom. The summed E-state index contributed by atoms with van der Waals surface area (Å²) in [5.74, 6) is 0. The van der Waals surface area contributed by atoms with Gasteiger partial charge in [0.05, 0.1) is 0 Å². The maximum atomic E-state index is 10.3. The zero-order valence-corrected chi connectivity index (χ0v) is 6.45. The van der Waals surface area contributed by atoms with Crippen LogP contribution < -0.4 is 0 Å². The fraction of sp³-hybridized carbons (Fsp3) is 0.100. The Balaban J connectivity index is 0. The zero-order valence-electron chi connectivity index (χ0n) is 6.45. The molecule has 3 heteroatoms. The summed E-state index contributed by atoms with van der Waals surface area (Å²) in [5.41, 5.74) is 1.84. The first kappa shape index (κ1) is 16.1. The van der Waals surface area contributed by atoms with E-state index >= 15 is 0 Å². The zero-order chi connectivity index (χ0) is 8.10. The monoisotopic (exact) mass is 194 g/mol. The molecule has 0 radical (unpaired) electrons. The molecule has 0 atom stereocenters. The van der Waals surface area contributed by atoms with Crippen LogP contribution in [0.1, 0.15) is 22.8 Å². The number of benzene rings is 1. The first-order valence-electron chi connectivity index (χ1n) is 3.55. The molecule has 0 saturated carbocycles. The molecule has 0 heterocycles. The molecule has 0 N–H and O–H groups in total. The standard InChI is InChI=1S/C10H10O.2Na.2H/c1-2-3-9-4-6-10(8-11)7-5-9;;;;/h2-8H,1H3;;;;/b3-2+;;;;. The molecule has 0 amide bonds. The van der Waals surface area contributed by atoms with Gasteiger partial charge in [-0.15, -0.1) is 0 Å². The van der Waals surface area contributed by atoms with E-state index < -0.39 is 0 Å². The molecule has 0 saturated heterocycles. The first-order chi connectivity index (χ1) is 5.36. The number of allylic oxidation sites excluding steroid dienone is 1. The molecule has 0 spiro atoms. The maximum absolute atomic E-state index is 10.3. The third-order valence-corrected chi connectivity index (χ3v) is 1.43. The van der Waals surface area contributed by atoms with Crippen LogP contribution >= 0.6 is 0 Å². The Hall–Kier alpha value is 0.630. The number of carbonyl (C=O) groups is 1. The summed E-state index contributed by atoms with van der Waals surface area (Å²) in [5, 5.41) is 0. The van der Waals surface area contributed by atoms with Crippen molar-refractivity contribution >= 4 is 71.5 Å². The molecule has 1 aromatic rings. The molecule has 0 aliphatic rings. The van der Waals surface area contributed by atoms with E-state index in [0.29, 0.717) is 0 Å². The summed E-state index contributed by atoms with van der Waals surface area (Å²) in [6, 6.07) is 7.46. The number of carbonyl (C=O) groups excluding carboxylic acids is 1. The molecule has 0 fully saturated rings. The van der Waals surface area contributed by atoms with Crippen LogP contribution in [0.15, 0.2) is 30.3 Å². The third kappa shape index (κ3) is 5.84. The van der Waals surface area contributed by atoms with Crippen molar-refractivity contribution in [3.05, 3.63) is 41.5 Å². The number of rotatable bonds is 2. The number of hydrogen-bond acceptors (Lipinski definition) is 1. The van der Waals surface area contributed by atoms with Crippen LogP contribution in [-0.4, -0.2) is 65.4 Å². The van der Waals surface area contributed by atoms with Crippen molar-refractivity contribution in [2.45, 2.75) is 6.92 Å². The van der Waals surface area contributed by atoms with Crippen LogP contribution in [0.2, 0.25) is 0 Å². The van der Waals surface area contributed by atoms with Crippen molar-refractivity contribution in [2.75, 3.05) is 0 Å². The second-order valence-electron chi connectivity index (χ2n) is 2.28. The molecule has 1 rings (SSSR count). The molecule has 1 aromatic carbocycles. The predicted octanol–water partition coefficient (Wildman–Crippen LogP) is 1.24. The van der Waals surface area contributed by atoms with E-state index in [4.69, 9.17) is 0 Å². The van der Waals surface area contributed by atoms with Gasteiger partial charge in [-0.25, -0.2) is 0 Å². The SMILES string of the molecule is C/C=C/c1ccc(C=O)cc1.[NaH].[NaH]. The van der Waals surface area contributed by atoms with Gasteiger partial charge in [0.25, 0.3) is 0 Å². The van der Waals surface area contributed by atoms with Gasteiger partial charge in [0.1, 0.15) is 6.29 Å². The molecule has 0 aliphatic carbocycles. The number of hydrogen-bond donors (Lipinski definition) is 0. The van der Waals surface area contributed by atoms with Crippen LogP contribution in [0.25, 0.3) is 6.08 Å². The number of aldehydes is 1. The summed E-state index contributed by atoms with van der Waals surface area (Å²) >= 11 is 0. The van der Waals surface area contributed by atoms with E-state index in [1.54, 1.807) is 0 Å². The topological polar surface area (TPSA) is 17.1 Å². The second-order valence-corrected chi connectivity index (χ2v) is 2.28. The van der Waals surface area contributed by atoms with Crippen LogP contribution in [0.5, 0.6) is 0 Å². The molecule has 13 heavy (non-hydrogen) atoms. The van der Waals surface area contributed by atoms with Gasteiger partial charge in [-0.2, -0.15) is 0 Å². The van der Waals surface area contributed by atoms with Crippen molar-refractivity contribution < 1.29 is 4.79 Å². The van der Waals surface area contributed by atoms with Crippen LogP contribution in [-0.2, 0) is 0 Å². The van der Waals surface area contributed by atoms with Crippen molar-refractivity contribution in [1.82, 2.24) is 0 Å². The Labute approximate surface area is 123 Å². The predicted molar refractivity (Wildman–Crippen MR) is 60.8 cm³/mol. The molecule has 0 unspecified atom stereocenters. The minimum absolute atomic E-state index is 0. The van der Waals surface area contributed by atoms with Gasteiger partial charge in [-0.3, -0.25) is 4.79 Å². The molecule has 0 aromatic heterocycles. The first-order valence-corrected chi connectivity index (χ1v) is 3.55. The van der Waals surface area contributed by atoms with E-state index in [0.717, 1.165) is 17.4 Å². The van der Waals surface area contributed by atoms with Gasteiger partial charge >= 0.3 is 59.1 Å². The Morgan fingerprint density at radius 3 is 1.85 bits per heavy atom. The van der Waals surface area contributed by atoms with Crippen molar-refractivity contribution in [2.24, 2.45) is 0 Å². The van der Waals surface area contributed by atoms with E-state index in [-0.39, 0.29) is 59.1 Å². The van der Waals surface area contributed by atoms with Crippen LogP contribution in [0, 0.1) is 0 Å². The normalized spacial score (nSPS) is 8.69. The van der Waals surface area contributed by atoms with Gasteiger partial charge < -0.3 is 0 Å². The molecule has 60 valence electrons. The van der Waals surface area contributed by atoms with Gasteiger partial charge in [0, 0.05) is 5.56 Å². The van der Waals surface area contributed by atoms with Gasteiger partial charge in [0.15, 0.2) is 0 Å². The molecular formula is C10H12Na2O. The van der Waals surface area contributed by atoms with Crippen LogP contribution in [0.4, 0.5) is 0 Å². The second kappa shape index (κ2) is 9.20. The van der Waals surface area contributed by atoms with Gasteiger partial charge in [-0.05, 0) is 12.5 Å². The minimum atomic E-state index is 0. The Bertz CT molecular complexity index is 265. The molecule has 1 nitrogen and oxygen atoms in total. The van der Waals surface area contributed by atoms with Crippen molar-refractivity contribution in [3.8, 4) is 0 Å². The molecule has 0 aliphatic heterocycles. The van der Waals surface area contributed by atoms with E-state index in [1.807, 2.05) is 43.3 Å². The fourth-order valence-corrected chi connectivity index (χ4v) is 0.878. The fourth-order valence-electron chi connectivity index (χ4n) is 0.878. The molecule has 0 bridgehead atoms. The van der Waals surface area contributed by atoms with Gasteiger partial charge in [0.2, 0.25) is 0 Å². The third-order valence-electron chi connectivity index (χ3n) is 1.43. The summed E-state index contributed by atoms with van der Waals surface area (Å²) < 4.78 is 0. The summed E-state index contributed by atoms with van der Waals surface area (Å²) in [6.07, 6.45) is 4.81. The Kier molecular flexibility index (Phi) is 11.4. The van der Waals surface area contributed by atoms with E-state index in [9.17, 15) is 4.79 Å². The van der Waals surface area contributed by atoms with E-state index in [2.05, 4.69) is 0 Å². The van der Waals surface area contributed by atoms with Crippen LogP contribution in [0.3, 0.4) is 0 Å². The average molecular weight is 194 g/mol. The van der Waals surface area contributed by atoms with Gasteiger partial charge in [-0.1, -0.05) is 36.4 Å². The quantitative estimate of drug-likeness (QED) is 0.511. The van der Waals surface area contributed by atoms with Crippen molar-refractivity contribution in [1.29, 1.82) is 0 Å². The summed E-state index contributed by atoms with van der Waals surface area (Å²) in [4.78, 5) is 10.3. The average Bonchev–Trinajstić information content (AvgIpc) is 2.07. The van der Waals surface area contributed by atoms with E-state index in [1.165, 1.54) is 0 Å². The Morgan fingerprint density at radius 2 is 1.46 bits per heavy atom. The van der Waals surface area contributed by atoms with Crippen molar-refractivity contribution in [3.63, 3.8) is 0 Å².